The summed E-state index contributed by atoms with van der Waals surface area (Å²) in [6.45, 7) is 0. The Morgan fingerprint density at radius 1 is 1.11 bits per heavy atom. The van der Waals surface area contributed by atoms with Crippen LogP contribution >= 0.6 is 0 Å². The van der Waals surface area contributed by atoms with Crippen LogP contribution in [0.2, 0.25) is 0 Å². The van der Waals surface area contributed by atoms with Crippen molar-refractivity contribution >= 4 is 11.6 Å². The number of hydrogen-bond donors (Lipinski definition) is 2. The van der Waals surface area contributed by atoms with E-state index in [-0.39, 0.29) is 5.91 Å². The Balaban J connectivity index is 1.57. The Morgan fingerprint density at radius 3 is 2.58 bits per heavy atom. The number of carbonyl (C=O) groups excluding carboxylic acids is 1. The summed E-state index contributed by atoms with van der Waals surface area (Å²) >= 11 is 0. The molecule has 1 amide bonds. The van der Waals surface area contributed by atoms with Gasteiger partial charge in [-0.1, -0.05) is 50.3 Å². The van der Waals surface area contributed by atoms with Crippen LogP contribution in [-0.4, -0.2) is 5.91 Å². The van der Waals surface area contributed by atoms with E-state index in [1.54, 1.807) is 0 Å². The van der Waals surface area contributed by atoms with Gasteiger partial charge in [-0.05, 0) is 30.9 Å². The SMILES string of the molecule is O=C(CCCC1CCCCC1)NNc1ccccc1. The highest BCUT2D eigenvalue weighted by atomic mass is 16.2. The fraction of sp³-hybridized carbons (Fsp3) is 0.562. The second-order valence-corrected chi connectivity index (χ2v) is 5.44. The van der Waals surface area contributed by atoms with Crippen molar-refractivity contribution in [2.45, 2.75) is 51.4 Å². The third-order valence-corrected chi connectivity index (χ3v) is 3.86. The second-order valence-electron chi connectivity index (χ2n) is 5.44. The first-order valence-corrected chi connectivity index (χ1v) is 7.44. The summed E-state index contributed by atoms with van der Waals surface area (Å²) in [5, 5.41) is 0. The van der Waals surface area contributed by atoms with Crippen LogP contribution in [0.15, 0.2) is 30.3 Å². The van der Waals surface area contributed by atoms with Crippen molar-refractivity contribution in [3.05, 3.63) is 30.3 Å². The van der Waals surface area contributed by atoms with Gasteiger partial charge >= 0.3 is 0 Å². The first-order valence-electron chi connectivity index (χ1n) is 7.44. The number of hydrogen-bond acceptors (Lipinski definition) is 2. The molecule has 0 atom stereocenters. The van der Waals surface area contributed by atoms with Crippen molar-refractivity contribution in [1.82, 2.24) is 5.43 Å². The predicted molar refractivity (Wildman–Crippen MR) is 78.6 cm³/mol. The van der Waals surface area contributed by atoms with Gasteiger partial charge in [0.25, 0.3) is 0 Å². The molecule has 19 heavy (non-hydrogen) atoms. The third kappa shape index (κ3) is 5.33. The van der Waals surface area contributed by atoms with Crippen LogP contribution < -0.4 is 10.9 Å². The molecule has 0 bridgehead atoms. The number of benzene rings is 1. The summed E-state index contributed by atoms with van der Waals surface area (Å²) in [6.07, 6.45) is 9.73. The number of amides is 1. The minimum absolute atomic E-state index is 0.0830. The van der Waals surface area contributed by atoms with E-state index in [2.05, 4.69) is 10.9 Å². The minimum atomic E-state index is 0.0830. The molecule has 3 nitrogen and oxygen atoms in total. The van der Waals surface area contributed by atoms with Crippen molar-refractivity contribution < 1.29 is 4.79 Å². The van der Waals surface area contributed by atoms with Crippen LogP contribution in [0.4, 0.5) is 5.69 Å². The van der Waals surface area contributed by atoms with Crippen molar-refractivity contribution in [3.63, 3.8) is 0 Å². The molecule has 104 valence electrons. The van der Waals surface area contributed by atoms with Crippen molar-refractivity contribution in [3.8, 4) is 0 Å². The van der Waals surface area contributed by atoms with Gasteiger partial charge in [0.05, 0.1) is 5.69 Å². The summed E-state index contributed by atoms with van der Waals surface area (Å²) < 4.78 is 0. The van der Waals surface area contributed by atoms with Crippen molar-refractivity contribution in [1.29, 1.82) is 0 Å². The zero-order valence-corrected chi connectivity index (χ0v) is 11.5. The Hall–Kier alpha value is -1.51. The van der Waals surface area contributed by atoms with Gasteiger partial charge in [-0.2, -0.15) is 0 Å². The summed E-state index contributed by atoms with van der Waals surface area (Å²) in [5.74, 6) is 0.947. The zero-order chi connectivity index (χ0) is 13.3. The first-order chi connectivity index (χ1) is 9.34. The molecule has 1 saturated carbocycles. The summed E-state index contributed by atoms with van der Waals surface area (Å²) in [5.41, 5.74) is 6.60. The fourth-order valence-corrected chi connectivity index (χ4v) is 2.75. The molecule has 0 saturated heterocycles. The first kappa shape index (κ1) is 13.9. The van der Waals surface area contributed by atoms with E-state index in [1.807, 2.05) is 30.3 Å². The number of anilines is 1. The molecule has 0 aromatic heterocycles. The van der Waals surface area contributed by atoms with E-state index in [0.717, 1.165) is 18.0 Å². The summed E-state index contributed by atoms with van der Waals surface area (Å²) in [7, 11) is 0. The lowest BCUT2D eigenvalue weighted by molar-refractivity contribution is -0.120. The maximum atomic E-state index is 11.7. The van der Waals surface area contributed by atoms with E-state index >= 15 is 0 Å². The lowest BCUT2D eigenvalue weighted by Crippen LogP contribution is -2.29. The highest BCUT2D eigenvalue weighted by Gasteiger charge is 2.13. The Morgan fingerprint density at radius 2 is 1.84 bits per heavy atom. The van der Waals surface area contributed by atoms with Crippen LogP contribution in [0, 0.1) is 5.92 Å². The molecule has 1 aromatic carbocycles. The molecule has 1 aliphatic rings. The van der Waals surface area contributed by atoms with Gasteiger partial charge in [0.15, 0.2) is 0 Å². The highest BCUT2D eigenvalue weighted by Crippen LogP contribution is 2.27. The normalized spacial score (nSPS) is 16.0. The standard InChI is InChI=1S/C16H24N2O/c19-16(18-17-15-11-5-2-6-12-15)13-7-10-14-8-3-1-4-9-14/h2,5-6,11-12,14,17H,1,3-4,7-10,13H2,(H,18,19). The van der Waals surface area contributed by atoms with E-state index in [4.69, 9.17) is 0 Å². The molecular formula is C16H24N2O. The van der Waals surface area contributed by atoms with E-state index in [1.165, 1.54) is 38.5 Å². The maximum Gasteiger partial charge on any atom is 0.238 e. The van der Waals surface area contributed by atoms with Gasteiger partial charge in [0.1, 0.15) is 0 Å². The molecule has 0 radical (unpaired) electrons. The molecular weight excluding hydrogens is 236 g/mol. The number of nitrogens with one attached hydrogen (secondary N) is 2. The smallest absolute Gasteiger partial charge is 0.238 e. The average Bonchev–Trinajstić information content (AvgIpc) is 2.47. The molecule has 1 aliphatic carbocycles. The number of rotatable bonds is 6. The molecule has 2 rings (SSSR count). The summed E-state index contributed by atoms with van der Waals surface area (Å²) in [4.78, 5) is 11.7. The Labute approximate surface area is 115 Å². The zero-order valence-electron chi connectivity index (χ0n) is 11.5. The van der Waals surface area contributed by atoms with Gasteiger partial charge in [-0.15, -0.1) is 0 Å². The lowest BCUT2D eigenvalue weighted by atomic mass is 9.86. The van der Waals surface area contributed by atoms with Crippen molar-refractivity contribution in [2.24, 2.45) is 5.92 Å². The lowest BCUT2D eigenvalue weighted by Gasteiger charge is -2.21. The predicted octanol–water partition coefficient (Wildman–Crippen LogP) is 3.88. The highest BCUT2D eigenvalue weighted by molar-refractivity contribution is 5.77. The quantitative estimate of drug-likeness (QED) is 0.762. The molecule has 0 heterocycles. The van der Waals surface area contributed by atoms with Gasteiger partial charge in [-0.3, -0.25) is 15.6 Å². The maximum absolute atomic E-state index is 11.7. The molecule has 0 aliphatic heterocycles. The molecule has 0 spiro atoms. The topological polar surface area (TPSA) is 41.1 Å². The Bertz CT molecular complexity index is 372. The molecule has 1 aromatic rings. The van der Waals surface area contributed by atoms with Crippen LogP contribution in [0.5, 0.6) is 0 Å². The van der Waals surface area contributed by atoms with Gasteiger partial charge in [-0.25, -0.2) is 0 Å². The Kier molecular flexibility index (Phi) is 5.73. The largest absolute Gasteiger partial charge is 0.299 e. The molecule has 3 heteroatoms. The molecule has 0 unspecified atom stereocenters. The number of para-hydroxylation sites is 1. The van der Waals surface area contributed by atoms with Crippen molar-refractivity contribution in [2.75, 3.05) is 5.43 Å². The number of hydrazine groups is 1. The van der Waals surface area contributed by atoms with Crippen LogP contribution in [-0.2, 0) is 4.79 Å². The number of carbonyl (C=O) groups is 1. The monoisotopic (exact) mass is 260 g/mol. The van der Waals surface area contributed by atoms with E-state index < -0.39 is 0 Å². The average molecular weight is 260 g/mol. The van der Waals surface area contributed by atoms with E-state index in [9.17, 15) is 4.79 Å². The summed E-state index contributed by atoms with van der Waals surface area (Å²) in [6, 6.07) is 9.71. The minimum Gasteiger partial charge on any atom is -0.299 e. The van der Waals surface area contributed by atoms with Crippen LogP contribution in [0.1, 0.15) is 51.4 Å². The fourth-order valence-electron chi connectivity index (χ4n) is 2.75. The molecule has 2 N–H and O–H groups in total. The van der Waals surface area contributed by atoms with Gasteiger partial charge in [0, 0.05) is 6.42 Å². The molecule has 1 fully saturated rings. The van der Waals surface area contributed by atoms with E-state index in [0.29, 0.717) is 6.42 Å². The van der Waals surface area contributed by atoms with Crippen LogP contribution in [0.3, 0.4) is 0 Å². The van der Waals surface area contributed by atoms with Crippen LogP contribution in [0.25, 0.3) is 0 Å². The second kappa shape index (κ2) is 7.82. The van der Waals surface area contributed by atoms with Gasteiger partial charge < -0.3 is 0 Å². The van der Waals surface area contributed by atoms with Gasteiger partial charge in [0.2, 0.25) is 5.91 Å². The third-order valence-electron chi connectivity index (χ3n) is 3.86.